The van der Waals surface area contributed by atoms with Crippen LogP contribution in [-0.4, -0.2) is 26.2 Å². The minimum Gasteiger partial charge on any atom is -0.316 e. The van der Waals surface area contributed by atoms with Crippen LogP contribution < -0.4 is 10.6 Å². The van der Waals surface area contributed by atoms with Gasteiger partial charge in [-0.2, -0.15) is 0 Å². The van der Waals surface area contributed by atoms with E-state index in [1.807, 2.05) is 0 Å². The van der Waals surface area contributed by atoms with E-state index >= 15 is 0 Å². The summed E-state index contributed by atoms with van der Waals surface area (Å²) in [5.74, 6) is 1.72. The molecular weight excluding hydrogens is 256 g/mol. The third-order valence-electron chi connectivity index (χ3n) is 4.84. The predicted molar refractivity (Wildman–Crippen MR) is 86.1 cm³/mol. The van der Waals surface area contributed by atoms with Crippen molar-refractivity contribution in [2.45, 2.75) is 58.8 Å². The van der Waals surface area contributed by atoms with E-state index in [9.17, 15) is 0 Å². The molecule has 0 radical (unpaired) electrons. The Labute approximate surface area is 125 Å². The van der Waals surface area contributed by atoms with Crippen LogP contribution in [0.25, 0.3) is 0 Å². The molecule has 0 aromatic carbocycles. The molecule has 0 spiro atoms. The van der Waals surface area contributed by atoms with Crippen LogP contribution in [0.2, 0.25) is 0 Å². The second-order valence-corrected chi connectivity index (χ2v) is 7.15. The smallest absolute Gasteiger partial charge is 0.000803 e. The Kier molecular flexibility index (Phi) is 7.71. The number of rotatable bonds is 6. The van der Waals surface area contributed by atoms with Gasteiger partial charge in [0.2, 0.25) is 0 Å². The van der Waals surface area contributed by atoms with Gasteiger partial charge < -0.3 is 10.6 Å². The van der Waals surface area contributed by atoms with Crippen LogP contribution in [0.3, 0.4) is 0 Å². The maximum absolute atomic E-state index is 3.80. The normalized spacial score (nSPS) is 26.4. The molecule has 3 heteroatoms. The maximum Gasteiger partial charge on any atom is 0.000803 e. The zero-order valence-corrected chi connectivity index (χ0v) is 13.7. The fourth-order valence-electron chi connectivity index (χ4n) is 4.08. The van der Waals surface area contributed by atoms with Crippen molar-refractivity contribution >= 4 is 12.4 Å². The second kappa shape index (κ2) is 8.49. The summed E-state index contributed by atoms with van der Waals surface area (Å²) in [6.45, 7) is 9.71. The lowest BCUT2D eigenvalue weighted by atomic mass is 9.78. The topological polar surface area (TPSA) is 24.1 Å². The molecule has 2 aliphatic rings. The minimum atomic E-state index is 0. The number of hydrogen-bond donors (Lipinski definition) is 2. The van der Waals surface area contributed by atoms with Crippen LogP contribution >= 0.6 is 12.4 Å². The number of halogens is 1. The predicted octanol–water partition coefficient (Wildman–Crippen LogP) is 3.60. The second-order valence-electron chi connectivity index (χ2n) is 7.15. The summed E-state index contributed by atoms with van der Waals surface area (Å²) in [5, 5.41) is 7.32. The molecule has 1 unspecified atom stereocenters. The zero-order valence-electron chi connectivity index (χ0n) is 12.8. The third-order valence-corrected chi connectivity index (χ3v) is 4.84. The molecule has 1 aliphatic carbocycles. The molecule has 1 heterocycles. The van der Waals surface area contributed by atoms with Crippen molar-refractivity contribution in [3.8, 4) is 0 Å². The summed E-state index contributed by atoms with van der Waals surface area (Å²) < 4.78 is 0. The summed E-state index contributed by atoms with van der Waals surface area (Å²) in [5.41, 5.74) is 0.635. The van der Waals surface area contributed by atoms with Gasteiger partial charge in [-0.05, 0) is 69.0 Å². The first kappa shape index (κ1) is 17.3. The highest BCUT2D eigenvalue weighted by Crippen LogP contribution is 2.42. The van der Waals surface area contributed by atoms with Crippen molar-refractivity contribution in [2.24, 2.45) is 17.3 Å². The van der Waals surface area contributed by atoms with Crippen molar-refractivity contribution in [1.29, 1.82) is 0 Å². The fourth-order valence-corrected chi connectivity index (χ4v) is 4.08. The quantitative estimate of drug-likeness (QED) is 0.780. The average molecular weight is 289 g/mol. The molecular formula is C16H33ClN2. The Bertz CT molecular complexity index is 231. The summed E-state index contributed by atoms with van der Waals surface area (Å²) in [4.78, 5) is 0. The van der Waals surface area contributed by atoms with E-state index < -0.39 is 0 Å². The highest BCUT2D eigenvalue weighted by atomic mass is 35.5. The Morgan fingerprint density at radius 3 is 2.53 bits per heavy atom. The Balaban J connectivity index is 0.00000180. The first-order valence-corrected chi connectivity index (χ1v) is 8.12. The van der Waals surface area contributed by atoms with E-state index in [1.165, 1.54) is 71.1 Å². The van der Waals surface area contributed by atoms with E-state index in [1.54, 1.807) is 0 Å². The van der Waals surface area contributed by atoms with Gasteiger partial charge >= 0.3 is 0 Å². The average Bonchev–Trinajstić information content (AvgIpc) is 2.78. The van der Waals surface area contributed by atoms with Gasteiger partial charge in [-0.1, -0.05) is 26.7 Å². The molecule has 1 saturated carbocycles. The van der Waals surface area contributed by atoms with Gasteiger partial charge in [0.25, 0.3) is 0 Å². The molecule has 19 heavy (non-hydrogen) atoms. The van der Waals surface area contributed by atoms with E-state index in [0.717, 1.165) is 11.8 Å². The van der Waals surface area contributed by atoms with Crippen molar-refractivity contribution < 1.29 is 0 Å². The lowest BCUT2D eigenvalue weighted by molar-refractivity contribution is 0.216. The SMILES string of the molecule is CC(C)CC1(CNCC2CCCNC2)CCCC1.Cl. The molecule has 2 rings (SSSR count). The number of nitrogens with one attached hydrogen (secondary N) is 2. The Morgan fingerprint density at radius 2 is 1.95 bits per heavy atom. The largest absolute Gasteiger partial charge is 0.316 e. The van der Waals surface area contributed by atoms with Gasteiger partial charge in [-0.25, -0.2) is 0 Å². The van der Waals surface area contributed by atoms with E-state index in [4.69, 9.17) is 0 Å². The van der Waals surface area contributed by atoms with Crippen LogP contribution in [-0.2, 0) is 0 Å². The minimum absolute atomic E-state index is 0. The lowest BCUT2D eigenvalue weighted by Crippen LogP contribution is -2.40. The summed E-state index contributed by atoms with van der Waals surface area (Å²) in [6, 6.07) is 0. The molecule has 114 valence electrons. The van der Waals surface area contributed by atoms with Gasteiger partial charge in [0.1, 0.15) is 0 Å². The fraction of sp³-hybridized carbons (Fsp3) is 1.00. The van der Waals surface area contributed by atoms with Crippen LogP contribution in [0.5, 0.6) is 0 Å². The van der Waals surface area contributed by atoms with Crippen LogP contribution in [0.1, 0.15) is 58.8 Å². The molecule has 1 atom stereocenters. The van der Waals surface area contributed by atoms with E-state index in [0.29, 0.717) is 5.41 Å². The van der Waals surface area contributed by atoms with Crippen LogP contribution in [0, 0.1) is 17.3 Å². The van der Waals surface area contributed by atoms with Crippen molar-refractivity contribution in [3.63, 3.8) is 0 Å². The first-order valence-electron chi connectivity index (χ1n) is 8.12. The molecule has 0 aromatic heterocycles. The van der Waals surface area contributed by atoms with E-state index in [2.05, 4.69) is 24.5 Å². The number of hydrogen-bond acceptors (Lipinski definition) is 2. The summed E-state index contributed by atoms with van der Waals surface area (Å²) in [7, 11) is 0. The number of piperidine rings is 1. The van der Waals surface area contributed by atoms with Crippen molar-refractivity contribution in [2.75, 3.05) is 26.2 Å². The van der Waals surface area contributed by atoms with E-state index in [-0.39, 0.29) is 12.4 Å². The molecule has 2 fully saturated rings. The van der Waals surface area contributed by atoms with Gasteiger partial charge in [0, 0.05) is 6.54 Å². The molecule has 1 aliphatic heterocycles. The standard InChI is InChI=1S/C16H32N2.ClH/c1-14(2)10-16(7-3-4-8-16)13-18-12-15-6-5-9-17-11-15;/h14-15,17-18H,3-13H2,1-2H3;1H. The lowest BCUT2D eigenvalue weighted by Gasteiger charge is -2.32. The zero-order chi connectivity index (χ0) is 12.8. The molecule has 0 bridgehead atoms. The summed E-state index contributed by atoms with van der Waals surface area (Å²) >= 11 is 0. The maximum atomic E-state index is 3.80. The Hall–Kier alpha value is 0.210. The van der Waals surface area contributed by atoms with Crippen LogP contribution in [0.15, 0.2) is 0 Å². The molecule has 2 N–H and O–H groups in total. The highest BCUT2D eigenvalue weighted by molar-refractivity contribution is 5.85. The monoisotopic (exact) mass is 288 g/mol. The van der Waals surface area contributed by atoms with Crippen LogP contribution in [0.4, 0.5) is 0 Å². The van der Waals surface area contributed by atoms with Gasteiger partial charge in [-0.15, -0.1) is 12.4 Å². The highest BCUT2D eigenvalue weighted by Gasteiger charge is 2.34. The third kappa shape index (κ3) is 5.61. The van der Waals surface area contributed by atoms with Crippen molar-refractivity contribution in [1.82, 2.24) is 10.6 Å². The molecule has 1 saturated heterocycles. The Morgan fingerprint density at radius 1 is 1.21 bits per heavy atom. The van der Waals surface area contributed by atoms with Gasteiger partial charge in [-0.3, -0.25) is 0 Å². The van der Waals surface area contributed by atoms with Crippen molar-refractivity contribution in [3.05, 3.63) is 0 Å². The first-order chi connectivity index (χ1) is 8.70. The molecule has 0 aromatic rings. The molecule has 2 nitrogen and oxygen atoms in total. The van der Waals surface area contributed by atoms with Gasteiger partial charge in [0.15, 0.2) is 0 Å². The summed E-state index contributed by atoms with van der Waals surface area (Å²) in [6.07, 6.45) is 10.0. The molecule has 0 amide bonds. The van der Waals surface area contributed by atoms with Gasteiger partial charge in [0.05, 0.1) is 0 Å².